The number of hydrogen-bond donors (Lipinski definition) is 2. The van der Waals surface area contributed by atoms with Crippen molar-refractivity contribution in [2.75, 3.05) is 0 Å². The molecule has 0 unspecified atom stereocenters. The molecule has 2 N–H and O–H groups in total. The molecule has 0 radical (unpaired) electrons. The summed E-state index contributed by atoms with van der Waals surface area (Å²) in [5, 5.41) is -0.702. The lowest BCUT2D eigenvalue weighted by atomic mass is 10.7. The van der Waals surface area contributed by atoms with E-state index in [0.717, 1.165) is 0 Å². The number of hydrogen-bond acceptors (Lipinski definition) is 4. The van der Waals surface area contributed by atoms with Gasteiger partial charge in [0.1, 0.15) is 0 Å². The first kappa shape index (κ1) is 7.74. The van der Waals surface area contributed by atoms with E-state index in [0.29, 0.717) is 0 Å². The molecule has 0 aromatic carbocycles. The van der Waals surface area contributed by atoms with E-state index >= 15 is 0 Å². The van der Waals surface area contributed by atoms with Crippen LogP contribution >= 0.6 is 11.6 Å². The van der Waals surface area contributed by atoms with Crippen LogP contribution in [0.15, 0.2) is 0 Å². The van der Waals surface area contributed by atoms with Gasteiger partial charge in [-0.2, -0.15) is 5.43 Å². The van der Waals surface area contributed by atoms with Gasteiger partial charge >= 0.3 is 5.37 Å². The Balaban J connectivity index is 2.00. The highest BCUT2D eigenvalue weighted by molar-refractivity contribution is 6.62. The van der Waals surface area contributed by atoms with Crippen LogP contribution in [0.5, 0.6) is 0 Å². The molecule has 1 amide bonds. The Morgan fingerprint density at radius 2 is 2.20 bits per heavy atom. The second-order valence-corrected chi connectivity index (χ2v) is 2.06. The van der Waals surface area contributed by atoms with E-state index in [9.17, 15) is 4.79 Å². The molecule has 0 atom stereocenters. The Bertz CT molecular complexity index is 136. The van der Waals surface area contributed by atoms with Crippen molar-refractivity contribution in [2.24, 2.45) is 0 Å². The minimum absolute atomic E-state index is 0.218. The zero-order valence-electron chi connectivity index (χ0n) is 5.26. The van der Waals surface area contributed by atoms with Crippen LogP contribution in [0.4, 0.5) is 4.79 Å². The van der Waals surface area contributed by atoms with Crippen molar-refractivity contribution in [3.8, 4) is 0 Å². The molecular formula is C4H7ClN2O3. The third kappa shape index (κ3) is 2.11. The van der Waals surface area contributed by atoms with Crippen LogP contribution in [0.1, 0.15) is 6.92 Å². The minimum atomic E-state index is -0.702. The molecular weight excluding hydrogens is 160 g/mol. The first-order chi connectivity index (χ1) is 4.68. The van der Waals surface area contributed by atoms with E-state index in [1.165, 1.54) is 0 Å². The SMILES string of the molecule is CC1OC(NNC(=O)Cl)O1. The maximum absolute atomic E-state index is 10.1. The Morgan fingerprint density at radius 1 is 1.60 bits per heavy atom. The van der Waals surface area contributed by atoms with Crippen LogP contribution in [0.25, 0.3) is 0 Å². The number of nitrogens with one attached hydrogen (secondary N) is 2. The van der Waals surface area contributed by atoms with Gasteiger partial charge in [-0.05, 0) is 18.5 Å². The van der Waals surface area contributed by atoms with E-state index in [1.54, 1.807) is 6.92 Å². The molecule has 0 spiro atoms. The third-order valence-corrected chi connectivity index (χ3v) is 1.01. The molecule has 10 heavy (non-hydrogen) atoms. The lowest BCUT2D eigenvalue weighted by Gasteiger charge is -2.33. The number of ether oxygens (including phenoxy) is 2. The van der Waals surface area contributed by atoms with Crippen molar-refractivity contribution in [3.63, 3.8) is 0 Å². The molecule has 58 valence electrons. The van der Waals surface area contributed by atoms with Gasteiger partial charge in [0.25, 0.3) is 0 Å². The van der Waals surface area contributed by atoms with E-state index < -0.39 is 11.8 Å². The fourth-order valence-electron chi connectivity index (χ4n) is 0.542. The largest absolute Gasteiger partial charge is 0.328 e. The van der Waals surface area contributed by atoms with Crippen molar-refractivity contribution in [3.05, 3.63) is 0 Å². The topological polar surface area (TPSA) is 59.6 Å². The summed E-state index contributed by atoms with van der Waals surface area (Å²) in [6, 6.07) is 0. The summed E-state index contributed by atoms with van der Waals surface area (Å²) in [5.41, 5.74) is 4.47. The molecule has 0 saturated carbocycles. The third-order valence-electron chi connectivity index (χ3n) is 0.919. The molecule has 1 heterocycles. The maximum atomic E-state index is 10.1. The Morgan fingerprint density at radius 3 is 2.60 bits per heavy atom. The van der Waals surface area contributed by atoms with Gasteiger partial charge in [-0.15, -0.1) is 0 Å². The maximum Gasteiger partial charge on any atom is 0.328 e. The van der Waals surface area contributed by atoms with Crippen LogP contribution in [0, 0.1) is 0 Å². The number of rotatable bonds is 2. The fourth-order valence-corrected chi connectivity index (χ4v) is 0.597. The lowest BCUT2D eigenvalue weighted by molar-refractivity contribution is -0.388. The monoisotopic (exact) mass is 166 g/mol. The molecule has 6 heteroatoms. The zero-order chi connectivity index (χ0) is 7.56. The van der Waals surface area contributed by atoms with Crippen LogP contribution in [-0.2, 0) is 9.47 Å². The Labute approximate surface area is 62.6 Å². The number of hydrazine groups is 1. The average Bonchev–Trinajstić information content (AvgIpc) is 1.77. The molecule has 1 rings (SSSR count). The smallest absolute Gasteiger partial charge is 0.309 e. The van der Waals surface area contributed by atoms with Gasteiger partial charge in [-0.1, -0.05) is 0 Å². The molecule has 0 aromatic rings. The van der Waals surface area contributed by atoms with Crippen molar-refractivity contribution in [1.82, 2.24) is 10.9 Å². The van der Waals surface area contributed by atoms with Crippen LogP contribution in [0.3, 0.4) is 0 Å². The molecule has 1 saturated heterocycles. The van der Waals surface area contributed by atoms with Crippen LogP contribution in [0.2, 0.25) is 0 Å². The molecule has 5 nitrogen and oxygen atoms in total. The number of carbonyl (C=O) groups is 1. The van der Waals surface area contributed by atoms with E-state index in [-0.39, 0.29) is 6.29 Å². The summed E-state index contributed by atoms with van der Waals surface area (Å²) in [6.45, 7) is 1.74. The van der Waals surface area contributed by atoms with Crippen molar-refractivity contribution >= 4 is 17.0 Å². The lowest BCUT2D eigenvalue weighted by Crippen LogP contribution is -2.54. The fraction of sp³-hybridized carbons (Fsp3) is 0.750. The zero-order valence-corrected chi connectivity index (χ0v) is 6.01. The van der Waals surface area contributed by atoms with Gasteiger partial charge < -0.3 is 9.47 Å². The molecule has 1 aliphatic rings. The quantitative estimate of drug-likeness (QED) is 0.348. The summed E-state index contributed by atoms with van der Waals surface area (Å²) < 4.78 is 9.77. The summed E-state index contributed by atoms with van der Waals surface area (Å²) in [4.78, 5) is 10.1. The van der Waals surface area contributed by atoms with Gasteiger partial charge in [-0.25, -0.2) is 0 Å². The highest BCUT2D eigenvalue weighted by Gasteiger charge is 2.26. The Hall–Kier alpha value is -0.360. The molecule has 1 aliphatic heterocycles. The van der Waals surface area contributed by atoms with Crippen molar-refractivity contribution in [1.29, 1.82) is 0 Å². The van der Waals surface area contributed by atoms with E-state index in [1.807, 2.05) is 0 Å². The number of amides is 1. The summed E-state index contributed by atoms with van der Waals surface area (Å²) in [7, 11) is 0. The van der Waals surface area contributed by atoms with Crippen molar-refractivity contribution in [2.45, 2.75) is 19.6 Å². The number of halogens is 1. The first-order valence-corrected chi connectivity index (χ1v) is 3.08. The van der Waals surface area contributed by atoms with E-state index in [2.05, 4.69) is 10.9 Å². The second kappa shape index (κ2) is 3.16. The predicted molar refractivity (Wildman–Crippen MR) is 32.9 cm³/mol. The molecule has 0 aromatic heterocycles. The predicted octanol–water partition coefficient (Wildman–Crippen LogP) is 0.116. The number of carbonyl (C=O) groups excluding carboxylic acids is 1. The summed E-state index contributed by atoms with van der Waals surface area (Å²) in [6.07, 6.45) is -0.789. The normalized spacial score (nSPS) is 31.0. The van der Waals surface area contributed by atoms with Crippen LogP contribution < -0.4 is 10.9 Å². The highest BCUT2D eigenvalue weighted by atomic mass is 35.5. The minimum Gasteiger partial charge on any atom is -0.309 e. The highest BCUT2D eigenvalue weighted by Crippen LogP contribution is 2.11. The van der Waals surface area contributed by atoms with E-state index in [4.69, 9.17) is 21.1 Å². The summed E-state index contributed by atoms with van der Waals surface area (Å²) in [5.74, 6) is 0. The van der Waals surface area contributed by atoms with Gasteiger partial charge in [-0.3, -0.25) is 10.2 Å². The first-order valence-electron chi connectivity index (χ1n) is 2.70. The standard InChI is InChI=1S/C4H7ClN2O3/c1-2-9-4(10-2)7-6-3(5)8/h2,4,7H,1H3,(H,6,8). The van der Waals surface area contributed by atoms with Gasteiger partial charge in [0.15, 0.2) is 6.29 Å². The van der Waals surface area contributed by atoms with Crippen LogP contribution in [-0.4, -0.2) is 18.1 Å². The molecule has 1 fully saturated rings. The second-order valence-electron chi connectivity index (χ2n) is 1.71. The van der Waals surface area contributed by atoms with Gasteiger partial charge in [0.2, 0.25) is 6.41 Å². The van der Waals surface area contributed by atoms with Gasteiger partial charge in [0.05, 0.1) is 0 Å². The Kier molecular flexibility index (Phi) is 2.44. The van der Waals surface area contributed by atoms with Gasteiger partial charge in [0, 0.05) is 0 Å². The summed E-state index contributed by atoms with van der Waals surface area (Å²) >= 11 is 4.92. The van der Waals surface area contributed by atoms with Crippen molar-refractivity contribution < 1.29 is 14.3 Å². The molecule has 0 bridgehead atoms. The molecule has 0 aliphatic carbocycles. The average molecular weight is 167 g/mol.